The van der Waals surface area contributed by atoms with E-state index in [9.17, 15) is 0 Å². The molecule has 3 aromatic rings. The Hall–Kier alpha value is -2.90. The summed E-state index contributed by atoms with van der Waals surface area (Å²) < 4.78 is 12.2. The number of fused-ring (bicyclic) bond motifs is 1. The summed E-state index contributed by atoms with van der Waals surface area (Å²) in [5.41, 5.74) is 0.617. The van der Waals surface area contributed by atoms with Gasteiger partial charge in [-0.2, -0.15) is 0 Å². The SMILES string of the molecule is COc1ccc(OCCN(C)c2ccc3nnnn3n2)cc1. The Balaban J connectivity index is 1.55. The van der Waals surface area contributed by atoms with Gasteiger partial charge in [-0.3, -0.25) is 0 Å². The number of hydrogen-bond donors (Lipinski definition) is 0. The highest BCUT2D eigenvalue weighted by Crippen LogP contribution is 2.17. The van der Waals surface area contributed by atoms with Crippen LogP contribution in [-0.4, -0.2) is 52.6 Å². The van der Waals surface area contributed by atoms with Crippen molar-refractivity contribution in [3.05, 3.63) is 36.4 Å². The summed E-state index contributed by atoms with van der Waals surface area (Å²) >= 11 is 0. The fraction of sp³-hybridized carbons (Fsp3) is 0.286. The molecule has 0 N–H and O–H groups in total. The van der Waals surface area contributed by atoms with E-state index in [2.05, 4.69) is 20.6 Å². The van der Waals surface area contributed by atoms with Gasteiger partial charge in [-0.15, -0.1) is 14.8 Å². The van der Waals surface area contributed by atoms with Crippen LogP contribution in [0, 0.1) is 0 Å². The van der Waals surface area contributed by atoms with Gasteiger partial charge < -0.3 is 14.4 Å². The molecule has 114 valence electrons. The number of tetrazole rings is 1. The van der Waals surface area contributed by atoms with Crippen LogP contribution >= 0.6 is 0 Å². The zero-order chi connectivity index (χ0) is 15.4. The van der Waals surface area contributed by atoms with E-state index >= 15 is 0 Å². The maximum atomic E-state index is 5.70. The highest BCUT2D eigenvalue weighted by atomic mass is 16.5. The van der Waals surface area contributed by atoms with Gasteiger partial charge in [0.05, 0.1) is 13.7 Å². The largest absolute Gasteiger partial charge is 0.497 e. The molecule has 0 bridgehead atoms. The first-order chi connectivity index (χ1) is 10.8. The van der Waals surface area contributed by atoms with Crippen LogP contribution in [0.1, 0.15) is 0 Å². The molecule has 0 unspecified atom stereocenters. The Morgan fingerprint density at radius 2 is 1.86 bits per heavy atom. The molecule has 22 heavy (non-hydrogen) atoms. The van der Waals surface area contributed by atoms with Crippen molar-refractivity contribution in [3.63, 3.8) is 0 Å². The summed E-state index contributed by atoms with van der Waals surface area (Å²) in [6, 6.07) is 11.2. The summed E-state index contributed by atoms with van der Waals surface area (Å²) in [5, 5.41) is 15.5. The lowest BCUT2D eigenvalue weighted by Crippen LogP contribution is -2.25. The van der Waals surface area contributed by atoms with Crippen molar-refractivity contribution >= 4 is 11.5 Å². The van der Waals surface area contributed by atoms with Crippen LogP contribution in [0.3, 0.4) is 0 Å². The first-order valence-corrected chi connectivity index (χ1v) is 6.80. The number of ether oxygens (including phenoxy) is 2. The molecule has 8 heteroatoms. The van der Waals surface area contributed by atoms with E-state index in [0.29, 0.717) is 18.8 Å². The van der Waals surface area contributed by atoms with Crippen molar-refractivity contribution < 1.29 is 9.47 Å². The smallest absolute Gasteiger partial charge is 0.200 e. The molecule has 0 saturated carbocycles. The molecule has 0 aliphatic rings. The fourth-order valence-corrected chi connectivity index (χ4v) is 1.93. The second-order valence-electron chi connectivity index (χ2n) is 4.66. The van der Waals surface area contributed by atoms with Gasteiger partial charge >= 0.3 is 0 Å². The topological polar surface area (TPSA) is 77.7 Å². The summed E-state index contributed by atoms with van der Waals surface area (Å²) in [4.78, 5) is 1.98. The van der Waals surface area contributed by atoms with Crippen LogP contribution in [0.5, 0.6) is 11.5 Å². The van der Waals surface area contributed by atoms with Gasteiger partial charge in [0, 0.05) is 7.05 Å². The number of rotatable bonds is 6. The number of nitrogens with zero attached hydrogens (tertiary/aromatic N) is 6. The molecule has 0 fully saturated rings. The van der Waals surface area contributed by atoms with Crippen molar-refractivity contribution in [1.82, 2.24) is 25.3 Å². The van der Waals surface area contributed by atoms with Crippen LogP contribution in [-0.2, 0) is 0 Å². The van der Waals surface area contributed by atoms with Crippen molar-refractivity contribution in [1.29, 1.82) is 0 Å². The van der Waals surface area contributed by atoms with E-state index in [1.54, 1.807) is 7.11 Å². The number of aromatic nitrogens is 5. The molecule has 2 aromatic heterocycles. The summed E-state index contributed by atoms with van der Waals surface area (Å²) in [7, 11) is 3.58. The highest BCUT2D eigenvalue weighted by molar-refractivity contribution is 5.43. The van der Waals surface area contributed by atoms with E-state index in [-0.39, 0.29) is 0 Å². The standard InChI is InChI=1S/C14H16N6O2/c1-19(14-8-7-13-15-17-18-20(13)16-14)9-10-22-12-5-3-11(21-2)4-6-12/h3-8H,9-10H2,1-2H3. The lowest BCUT2D eigenvalue weighted by Gasteiger charge is -2.17. The molecule has 1 aromatic carbocycles. The monoisotopic (exact) mass is 300 g/mol. The maximum absolute atomic E-state index is 5.70. The minimum atomic E-state index is 0.540. The molecule has 3 rings (SSSR count). The van der Waals surface area contributed by atoms with Gasteiger partial charge in [0.15, 0.2) is 11.5 Å². The lowest BCUT2D eigenvalue weighted by molar-refractivity contribution is 0.324. The van der Waals surface area contributed by atoms with Gasteiger partial charge in [0.2, 0.25) is 0 Å². The number of anilines is 1. The Morgan fingerprint density at radius 3 is 2.64 bits per heavy atom. The van der Waals surface area contributed by atoms with Crippen LogP contribution in [0.15, 0.2) is 36.4 Å². The molecule has 0 saturated heterocycles. The van der Waals surface area contributed by atoms with Crippen molar-refractivity contribution in [2.45, 2.75) is 0 Å². The van der Waals surface area contributed by atoms with Gasteiger partial charge in [0.25, 0.3) is 0 Å². The molecular weight excluding hydrogens is 284 g/mol. The molecule has 8 nitrogen and oxygen atoms in total. The second kappa shape index (κ2) is 6.25. The minimum Gasteiger partial charge on any atom is -0.497 e. The fourth-order valence-electron chi connectivity index (χ4n) is 1.93. The number of hydrogen-bond acceptors (Lipinski definition) is 7. The summed E-state index contributed by atoms with van der Waals surface area (Å²) in [6.45, 7) is 1.23. The molecule has 0 spiro atoms. The summed E-state index contributed by atoms with van der Waals surface area (Å²) in [6.07, 6.45) is 0. The predicted molar refractivity (Wildman–Crippen MR) is 80.3 cm³/mol. The van der Waals surface area contributed by atoms with Crippen molar-refractivity contribution in [2.24, 2.45) is 0 Å². The van der Waals surface area contributed by atoms with Gasteiger partial charge in [-0.05, 0) is 46.8 Å². The van der Waals surface area contributed by atoms with Crippen molar-refractivity contribution in [2.75, 3.05) is 32.2 Å². The lowest BCUT2D eigenvalue weighted by atomic mass is 10.3. The van der Waals surface area contributed by atoms with E-state index < -0.39 is 0 Å². The first-order valence-electron chi connectivity index (χ1n) is 6.80. The van der Waals surface area contributed by atoms with Crippen LogP contribution in [0.4, 0.5) is 5.82 Å². The number of likely N-dealkylation sites (N-methyl/N-ethyl adjacent to an activating group) is 1. The van der Waals surface area contributed by atoms with Crippen LogP contribution in [0.2, 0.25) is 0 Å². The van der Waals surface area contributed by atoms with E-state index in [1.165, 1.54) is 4.63 Å². The molecular formula is C14H16N6O2. The quantitative estimate of drug-likeness (QED) is 0.673. The van der Waals surface area contributed by atoms with E-state index in [0.717, 1.165) is 17.3 Å². The van der Waals surface area contributed by atoms with E-state index in [1.807, 2.05) is 48.3 Å². The normalized spacial score (nSPS) is 10.6. The third-order valence-electron chi connectivity index (χ3n) is 3.20. The molecule has 0 aliphatic heterocycles. The average Bonchev–Trinajstić information content (AvgIpc) is 3.03. The van der Waals surface area contributed by atoms with Gasteiger partial charge in [-0.25, -0.2) is 0 Å². The van der Waals surface area contributed by atoms with Crippen LogP contribution in [0.25, 0.3) is 5.65 Å². The first kappa shape index (κ1) is 14.1. The molecule has 2 heterocycles. The number of benzene rings is 1. The zero-order valence-electron chi connectivity index (χ0n) is 12.4. The van der Waals surface area contributed by atoms with Crippen molar-refractivity contribution in [3.8, 4) is 11.5 Å². The minimum absolute atomic E-state index is 0.540. The maximum Gasteiger partial charge on any atom is 0.200 e. The second-order valence-corrected chi connectivity index (χ2v) is 4.66. The highest BCUT2D eigenvalue weighted by Gasteiger charge is 2.06. The summed E-state index contributed by atoms with van der Waals surface area (Å²) in [5.74, 6) is 2.39. The van der Waals surface area contributed by atoms with Gasteiger partial charge in [0.1, 0.15) is 18.1 Å². The predicted octanol–water partition coefficient (Wildman–Crippen LogP) is 1.04. The Morgan fingerprint density at radius 1 is 1.09 bits per heavy atom. The third kappa shape index (κ3) is 3.05. The zero-order valence-corrected chi connectivity index (χ0v) is 12.4. The Bertz CT molecular complexity index is 742. The van der Waals surface area contributed by atoms with Gasteiger partial charge in [-0.1, -0.05) is 0 Å². The Kier molecular flexibility index (Phi) is 3.99. The Labute approximate surface area is 127 Å². The molecule has 0 atom stereocenters. The number of methoxy groups -OCH3 is 1. The van der Waals surface area contributed by atoms with Crippen LogP contribution < -0.4 is 14.4 Å². The molecule has 0 radical (unpaired) electrons. The molecule has 0 aliphatic carbocycles. The third-order valence-corrected chi connectivity index (χ3v) is 3.20. The average molecular weight is 300 g/mol. The molecule has 0 amide bonds. The van der Waals surface area contributed by atoms with E-state index in [4.69, 9.17) is 9.47 Å².